The zero-order valence-electron chi connectivity index (χ0n) is 24.7. The number of hydrogen-bond donors (Lipinski definition) is 0. The lowest BCUT2D eigenvalue weighted by Gasteiger charge is -2.24. The third-order valence-corrected chi connectivity index (χ3v) is 6.67. The second kappa shape index (κ2) is 16.4. The predicted molar refractivity (Wildman–Crippen MR) is 151 cm³/mol. The van der Waals surface area contributed by atoms with Crippen molar-refractivity contribution in [3.8, 4) is 5.75 Å². The topological polar surface area (TPSA) is 92.4 Å². The first-order valence-corrected chi connectivity index (χ1v) is 14.6. The van der Waals surface area contributed by atoms with Crippen LogP contribution in [0.4, 0.5) is 13.2 Å². The summed E-state index contributed by atoms with van der Waals surface area (Å²) in [7, 11) is 0. The van der Waals surface area contributed by atoms with Gasteiger partial charge in [0, 0.05) is 19.5 Å². The molecule has 0 saturated heterocycles. The molecule has 1 aromatic carbocycles. The molecule has 0 unspecified atom stereocenters. The molecular weight excluding hydrogens is 539 g/mol. The van der Waals surface area contributed by atoms with E-state index < -0.39 is 35.4 Å². The average molecular weight is 584 g/mol. The number of unbranched alkanes of at least 4 members (excludes halogenated alkanes) is 5. The molecule has 0 aliphatic carbocycles. The fourth-order valence-electron chi connectivity index (χ4n) is 4.44. The van der Waals surface area contributed by atoms with Crippen molar-refractivity contribution in [3.05, 3.63) is 56.4 Å². The van der Waals surface area contributed by atoms with E-state index in [-0.39, 0.29) is 31.8 Å². The smallest absolute Gasteiger partial charge is 0.389 e. The van der Waals surface area contributed by atoms with Crippen LogP contribution in [0.2, 0.25) is 0 Å². The van der Waals surface area contributed by atoms with Gasteiger partial charge in [0.1, 0.15) is 11.4 Å². The summed E-state index contributed by atoms with van der Waals surface area (Å²) in [5.41, 5.74) is -0.989. The molecule has 0 saturated carbocycles. The van der Waals surface area contributed by atoms with Crippen molar-refractivity contribution in [3.63, 3.8) is 0 Å². The molecule has 0 spiro atoms. The van der Waals surface area contributed by atoms with Gasteiger partial charge in [-0.05, 0) is 77.0 Å². The van der Waals surface area contributed by atoms with Gasteiger partial charge in [0.25, 0.3) is 5.56 Å². The summed E-state index contributed by atoms with van der Waals surface area (Å²) in [4.78, 5) is 38.1. The van der Waals surface area contributed by atoms with Crippen LogP contribution in [0.3, 0.4) is 0 Å². The predicted octanol–water partition coefficient (Wildman–Crippen LogP) is 6.00. The first kappa shape index (κ1) is 34.1. The molecule has 0 N–H and O–H groups in total. The van der Waals surface area contributed by atoms with Gasteiger partial charge in [-0.1, -0.05) is 44.7 Å². The average Bonchev–Trinajstić information content (AvgIpc) is 2.89. The molecular formula is C30H44F3N3O5. The normalized spacial score (nSPS) is 12.0. The number of esters is 1. The van der Waals surface area contributed by atoms with Crippen LogP contribution in [-0.4, -0.2) is 38.7 Å². The second-order valence-corrected chi connectivity index (χ2v) is 10.7. The Bertz CT molecular complexity index is 1220. The van der Waals surface area contributed by atoms with E-state index in [1.807, 2.05) is 18.2 Å². The Kier molecular flexibility index (Phi) is 13.6. The summed E-state index contributed by atoms with van der Waals surface area (Å²) < 4.78 is 51.0. The highest BCUT2D eigenvalue weighted by atomic mass is 19.4. The summed E-state index contributed by atoms with van der Waals surface area (Å²) in [6, 6.07) is 7.46. The lowest BCUT2D eigenvalue weighted by atomic mass is 10.1. The Morgan fingerprint density at radius 1 is 0.927 bits per heavy atom. The Morgan fingerprint density at radius 2 is 1.63 bits per heavy atom. The number of alkyl halides is 3. The van der Waals surface area contributed by atoms with Crippen molar-refractivity contribution in [2.45, 2.75) is 123 Å². The second-order valence-electron chi connectivity index (χ2n) is 10.7. The van der Waals surface area contributed by atoms with Gasteiger partial charge < -0.3 is 9.47 Å². The monoisotopic (exact) mass is 583 g/mol. The van der Waals surface area contributed by atoms with Gasteiger partial charge in [-0.25, -0.2) is 14.3 Å². The standard InChI is InChI=1S/C30H44F3N3O5/c1-5-7-8-11-18-25-26(37)35(28(39)36(34-25)21-14-19-30(31,32)33)20-12-9-10-15-23-16-13-17-24(22-23)41-29(3,4)27(38)40-6-2/h13,16-17,22H,5-12,14-15,18-21H2,1-4H3. The molecule has 0 radical (unpaired) electrons. The van der Waals surface area contributed by atoms with Crippen molar-refractivity contribution >= 4 is 5.97 Å². The SMILES string of the molecule is CCCCCCc1nn(CCCC(F)(F)F)c(=O)n(CCCCCc2cccc(OC(C)(C)C(=O)OCC)c2)c1=O. The third-order valence-electron chi connectivity index (χ3n) is 6.67. The number of carbonyl (C=O) groups is 1. The van der Waals surface area contributed by atoms with E-state index in [1.54, 1.807) is 26.8 Å². The number of aromatic nitrogens is 3. The minimum Gasteiger partial charge on any atom is -0.476 e. The highest BCUT2D eigenvalue weighted by molar-refractivity contribution is 5.79. The molecule has 0 atom stereocenters. The van der Waals surface area contributed by atoms with Gasteiger partial charge in [-0.15, -0.1) is 0 Å². The van der Waals surface area contributed by atoms with Crippen molar-refractivity contribution in [1.29, 1.82) is 0 Å². The molecule has 2 rings (SSSR count). The first-order chi connectivity index (χ1) is 19.4. The van der Waals surface area contributed by atoms with E-state index in [2.05, 4.69) is 12.0 Å². The number of halogens is 3. The summed E-state index contributed by atoms with van der Waals surface area (Å²) in [5, 5.41) is 4.15. The lowest BCUT2D eigenvalue weighted by molar-refractivity contribution is -0.158. The van der Waals surface area contributed by atoms with Crippen molar-refractivity contribution < 1.29 is 27.4 Å². The maximum atomic E-state index is 13.0. The minimum atomic E-state index is -4.32. The number of benzene rings is 1. The molecule has 2 aromatic rings. The van der Waals surface area contributed by atoms with E-state index in [9.17, 15) is 27.6 Å². The zero-order chi connectivity index (χ0) is 30.5. The van der Waals surface area contributed by atoms with Gasteiger partial charge in [-0.2, -0.15) is 18.3 Å². The fourth-order valence-corrected chi connectivity index (χ4v) is 4.44. The van der Waals surface area contributed by atoms with Gasteiger partial charge in [-0.3, -0.25) is 9.36 Å². The molecule has 8 nitrogen and oxygen atoms in total. The number of rotatable bonds is 18. The van der Waals surface area contributed by atoms with E-state index in [1.165, 1.54) is 0 Å². The fraction of sp³-hybridized carbons (Fsp3) is 0.667. The summed E-state index contributed by atoms with van der Waals surface area (Å²) in [6.07, 6.45) is 1.27. The van der Waals surface area contributed by atoms with Crippen LogP contribution in [0.1, 0.15) is 96.7 Å². The largest absolute Gasteiger partial charge is 0.476 e. The highest BCUT2D eigenvalue weighted by Gasteiger charge is 2.31. The van der Waals surface area contributed by atoms with Gasteiger partial charge in [0.05, 0.1) is 6.61 Å². The van der Waals surface area contributed by atoms with Crippen LogP contribution >= 0.6 is 0 Å². The molecule has 1 heterocycles. The number of nitrogens with zero attached hydrogens (tertiary/aromatic N) is 3. The maximum absolute atomic E-state index is 13.0. The molecule has 11 heteroatoms. The van der Waals surface area contributed by atoms with E-state index >= 15 is 0 Å². The van der Waals surface area contributed by atoms with E-state index in [4.69, 9.17) is 9.47 Å². The maximum Gasteiger partial charge on any atom is 0.389 e. The Labute approximate surface area is 239 Å². The van der Waals surface area contributed by atoms with Gasteiger partial charge >= 0.3 is 17.8 Å². The van der Waals surface area contributed by atoms with Gasteiger partial charge in [0.15, 0.2) is 5.60 Å². The minimum absolute atomic E-state index is 0.179. The van der Waals surface area contributed by atoms with Crippen LogP contribution in [0.5, 0.6) is 5.75 Å². The van der Waals surface area contributed by atoms with Gasteiger partial charge in [0.2, 0.25) is 0 Å². The first-order valence-electron chi connectivity index (χ1n) is 14.6. The molecule has 41 heavy (non-hydrogen) atoms. The molecule has 230 valence electrons. The van der Waals surface area contributed by atoms with Crippen molar-refractivity contribution in [1.82, 2.24) is 14.3 Å². The molecule has 0 amide bonds. The van der Waals surface area contributed by atoms with Crippen LogP contribution in [0.15, 0.2) is 33.9 Å². The Balaban J connectivity index is 2.01. The zero-order valence-corrected chi connectivity index (χ0v) is 24.7. The summed E-state index contributed by atoms with van der Waals surface area (Å²) in [6.45, 7) is 7.37. The number of hydrogen-bond acceptors (Lipinski definition) is 6. The molecule has 1 aromatic heterocycles. The van der Waals surface area contributed by atoms with Crippen LogP contribution in [0, 0.1) is 0 Å². The summed E-state index contributed by atoms with van der Waals surface area (Å²) >= 11 is 0. The van der Waals surface area contributed by atoms with Crippen LogP contribution < -0.4 is 16.0 Å². The number of ether oxygens (including phenoxy) is 2. The number of carbonyl (C=O) groups excluding carboxylic acids is 1. The van der Waals surface area contributed by atoms with Crippen molar-refractivity contribution in [2.24, 2.45) is 0 Å². The molecule has 0 aliphatic rings. The van der Waals surface area contributed by atoms with Crippen molar-refractivity contribution in [2.75, 3.05) is 6.61 Å². The van der Waals surface area contributed by atoms with E-state index in [0.29, 0.717) is 18.6 Å². The molecule has 0 fully saturated rings. The quantitative estimate of drug-likeness (QED) is 0.158. The molecule has 0 bridgehead atoms. The van der Waals surface area contributed by atoms with E-state index in [0.717, 1.165) is 59.8 Å². The highest BCUT2D eigenvalue weighted by Crippen LogP contribution is 2.22. The Hall–Kier alpha value is -3.11. The lowest BCUT2D eigenvalue weighted by Crippen LogP contribution is -2.43. The number of aryl methyl sites for hydroxylation is 3. The third kappa shape index (κ3) is 11.7. The Morgan fingerprint density at radius 3 is 2.32 bits per heavy atom. The summed E-state index contributed by atoms with van der Waals surface area (Å²) in [5.74, 6) is 0.113. The van der Waals surface area contributed by atoms with Crippen LogP contribution in [-0.2, 0) is 35.5 Å². The molecule has 0 aliphatic heterocycles. The van der Waals surface area contributed by atoms with Crippen LogP contribution in [0.25, 0.3) is 0 Å².